The highest BCUT2D eigenvalue weighted by molar-refractivity contribution is 6.47. The van der Waals surface area contributed by atoms with Crippen LogP contribution in [0.3, 0.4) is 0 Å². The molecule has 0 fully saturated rings. The van der Waals surface area contributed by atoms with Crippen LogP contribution in [0.5, 0.6) is 0 Å². The molecule has 0 spiro atoms. The van der Waals surface area contributed by atoms with Gasteiger partial charge in [-0.05, 0) is 46.5 Å². The van der Waals surface area contributed by atoms with E-state index in [1.165, 1.54) is 38.1 Å². The first kappa shape index (κ1) is 15.1. The van der Waals surface area contributed by atoms with Crippen molar-refractivity contribution in [2.45, 2.75) is 13.8 Å². The number of aliphatic hydroxyl groups excluding tert-OH is 1. The highest BCUT2D eigenvalue weighted by Crippen LogP contribution is 2.30. The minimum Gasteiger partial charge on any atom is -0.432 e. The van der Waals surface area contributed by atoms with Crippen LogP contribution < -0.4 is 10.9 Å². The summed E-state index contributed by atoms with van der Waals surface area (Å²) in [5, 5.41) is 14.1. The Balaban J connectivity index is 2.19. The summed E-state index contributed by atoms with van der Waals surface area (Å²) in [4.78, 5) is 0. The summed E-state index contributed by atoms with van der Waals surface area (Å²) in [7, 11) is 2.68. The molecule has 0 aliphatic heterocycles. The maximum atomic E-state index is 8.81. The molecule has 4 heteroatoms. The number of benzene rings is 3. The zero-order valence-electron chi connectivity index (χ0n) is 13.4. The summed E-state index contributed by atoms with van der Waals surface area (Å²) in [6.07, 6.45) is 0. The van der Waals surface area contributed by atoms with Crippen LogP contribution in [0.1, 0.15) is 11.1 Å². The molecule has 22 heavy (non-hydrogen) atoms. The maximum Gasteiger partial charge on any atom is 0.308 e. The molecule has 0 bridgehead atoms. The third-order valence-electron chi connectivity index (χ3n) is 4.42. The zero-order valence-corrected chi connectivity index (χ0v) is 13.4. The fraction of sp³-hybridized carbons (Fsp3) is 0.222. The average molecular weight is 290 g/mol. The summed E-state index contributed by atoms with van der Waals surface area (Å²) < 4.78 is 5.44. The Morgan fingerprint density at radius 3 is 2.27 bits per heavy atom. The Hall–Kier alpha value is -1.77. The minimum atomic E-state index is 0.0652. The molecule has 0 atom stereocenters. The van der Waals surface area contributed by atoms with Gasteiger partial charge in [-0.1, -0.05) is 47.3 Å². The van der Waals surface area contributed by atoms with Gasteiger partial charge in [-0.15, -0.1) is 0 Å². The second-order valence-electron chi connectivity index (χ2n) is 5.96. The van der Waals surface area contributed by atoms with Crippen molar-refractivity contribution < 1.29 is 9.76 Å². The number of hydrogen-bond acceptors (Lipinski definition) is 2. The molecule has 3 rings (SSSR count). The monoisotopic (exact) mass is 290 g/mol. The quantitative estimate of drug-likeness (QED) is 0.438. The van der Waals surface area contributed by atoms with Crippen molar-refractivity contribution in [1.29, 1.82) is 0 Å². The van der Waals surface area contributed by atoms with Crippen LogP contribution in [0.15, 0.2) is 36.4 Å². The zero-order chi connectivity index (χ0) is 15.7. The summed E-state index contributed by atoms with van der Waals surface area (Å²) in [5.74, 6) is 0. The Morgan fingerprint density at radius 1 is 0.955 bits per heavy atom. The van der Waals surface area contributed by atoms with Crippen molar-refractivity contribution in [1.82, 2.24) is 0 Å². The van der Waals surface area contributed by atoms with Crippen molar-refractivity contribution in [2.24, 2.45) is 0 Å². The van der Waals surface area contributed by atoms with Crippen molar-refractivity contribution in [3.05, 3.63) is 47.5 Å². The van der Waals surface area contributed by atoms with E-state index in [4.69, 9.17) is 9.76 Å². The predicted octanol–water partition coefficient (Wildman–Crippen LogP) is 0.854. The van der Waals surface area contributed by atoms with Crippen molar-refractivity contribution in [2.75, 3.05) is 13.2 Å². The first-order chi connectivity index (χ1) is 10.6. The Labute approximate surface area is 132 Å². The average Bonchev–Trinajstić information content (AvgIpc) is 2.53. The first-order valence-electron chi connectivity index (χ1n) is 7.72. The van der Waals surface area contributed by atoms with Gasteiger partial charge in [0.15, 0.2) is 0 Å². The van der Waals surface area contributed by atoms with Gasteiger partial charge >= 0.3 is 7.48 Å². The fourth-order valence-corrected chi connectivity index (χ4v) is 3.09. The van der Waals surface area contributed by atoms with E-state index in [0.29, 0.717) is 14.1 Å². The van der Waals surface area contributed by atoms with Crippen LogP contribution in [0.2, 0.25) is 0 Å². The van der Waals surface area contributed by atoms with Gasteiger partial charge < -0.3 is 9.76 Å². The third-order valence-corrected chi connectivity index (χ3v) is 4.42. The molecule has 0 amide bonds. The highest BCUT2D eigenvalue weighted by atomic mass is 16.4. The lowest BCUT2D eigenvalue weighted by atomic mass is 9.83. The summed E-state index contributed by atoms with van der Waals surface area (Å²) in [6, 6.07) is 13.2. The van der Waals surface area contributed by atoms with Crippen LogP contribution in [-0.4, -0.2) is 33.6 Å². The topological polar surface area (TPSA) is 29.5 Å². The number of aliphatic hydroxyl groups is 1. The number of hydrogen-bond donors (Lipinski definition) is 1. The fourth-order valence-electron chi connectivity index (χ4n) is 3.09. The molecule has 1 N–H and O–H groups in total. The molecule has 0 aliphatic rings. The van der Waals surface area contributed by atoms with Crippen molar-refractivity contribution >= 4 is 47.8 Å². The molecule has 3 aromatic rings. The Kier molecular flexibility index (Phi) is 4.23. The lowest BCUT2D eigenvalue weighted by Crippen LogP contribution is -2.19. The molecule has 110 valence electrons. The summed E-state index contributed by atoms with van der Waals surface area (Å²) in [5.41, 5.74) is 5.12. The second kappa shape index (κ2) is 6.15. The molecular formula is C18H20B2O2. The van der Waals surface area contributed by atoms with E-state index < -0.39 is 0 Å². The van der Waals surface area contributed by atoms with E-state index >= 15 is 0 Å². The number of fused-ring (bicyclic) bond motifs is 3. The molecule has 2 nitrogen and oxygen atoms in total. The largest absolute Gasteiger partial charge is 0.432 e. The van der Waals surface area contributed by atoms with Crippen molar-refractivity contribution in [3.63, 3.8) is 0 Å². The third kappa shape index (κ3) is 2.65. The van der Waals surface area contributed by atoms with Gasteiger partial charge in [0.2, 0.25) is 0 Å². The minimum absolute atomic E-state index is 0.0652. The van der Waals surface area contributed by atoms with E-state index in [0.717, 1.165) is 5.46 Å². The molecule has 0 aliphatic carbocycles. The van der Waals surface area contributed by atoms with E-state index in [2.05, 4.69) is 58.1 Å². The molecule has 3 aromatic carbocycles. The van der Waals surface area contributed by atoms with Crippen LogP contribution in [0.25, 0.3) is 21.5 Å². The number of aryl methyl sites for hydroxylation is 2. The molecule has 0 saturated heterocycles. The van der Waals surface area contributed by atoms with Gasteiger partial charge in [0.25, 0.3) is 0 Å². The normalized spacial score (nSPS) is 11.2. The van der Waals surface area contributed by atoms with Crippen LogP contribution in [0, 0.1) is 13.8 Å². The Morgan fingerprint density at radius 2 is 1.59 bits per heavy atom. The standard InChI is InChI=1S/C18H20B2O2/c1-11-12(2)18-10-14(20-22-8-7-21)4-6-16(18)15-5-3-13(19)9-17(11)15/h3-6,9-10,20-21H,7-8,19H2,1-2H3. The molecule has 0 radical (unpaired) electrons. The molecule has 0 aromatic heterocycles. The van der Waals surface area contributed by atoms with Crippen LogP contribution in [0.4, 0.5) is 0 Å². The van der Waals surface area contributed by atoms with E-state index in [1.807, 2.05) is 0 Å². The lowest BCUT2D eigenvalue weighted by molar-refractivity contribution is 0.209. The molecule has 0 heterocycles. The highest BCUT2D eigenvalue weighted by Gasteiger charge is 2.10. The van der Waals surface area contributed by atoms with Crippen molar-refractivity contribution in [3.8, 4) is 0 Å². The van der Waals surface area contributed by atoms with Gasteiger partial charge in [-0.25, -0.2) is 0 Å². The number of rotatable bonds is 4. The van der Waals surface area contributed by atoms with E-state index in [9.17, 15) is 0 Å². The van der Waals surface area contributed by atoms with E-state index in [1.54, 1.807) is 0 Å². The second-order valence-corrected chi connectivity index (χ2v) is 5.96. The first-order valence-corrected chi connectivity index (χ1v) is 7.72. The SMILES string of the molecule is Bc1ccc2c(c1)c(C)c(C)c1cc(BOCCO)ccc12. The van der Waals surface area contributed by atoms with Gasteiger partial charge in [-0.3, -0.25) is 0 Å². The smallest absolute Gasteiger partial charge is 0.308 e. The van der Waals surface area contributed by atoms with E-state index in [-0.39, 0.29) is 6.61 Å². The summed E-state index contributed by atoms with van der Waals surface area (Å²) >= 11 is 0. The van der Waals surface area contributed by atoms with Crippen LogP contribution >= 0.6 is 0 Å². The Bertz CT molecular complexity index is 843. The van der Waals surface area contributed by atoms with Gasteiger partial charge in [0, 0.05) is 0 Å². The molecule has 0 unspecified atom stereocenters. The predicted molar refractivity (Wildman–Crippen MR) is 98.9 cm³/mol. The van der Waals surface area contributed by atoms with Gasteiger partial charge in [0.05, 0.1) is 13.2 Å². The summed E-state index contributed by atoms with van der Waals surface area (Å²) in [6.45, 7) is 4.84. The van der Waals surface area contributed by atoms with Gasteiger partial charge in [0.1, 0.15) is 7.85 Å². The molecular weight excluding hydrogens is 270 g/mol. The lowest BCUT2D eigenvalue weighted by Gasteiger charge is -2.14. The van der Waals surface area contributed by atoms with Gasteiger partial charge in [-0.2, -0.15) is 0 Å². The molecule has 0 saturated carbocycles. The van der Waals surface area contributed by atoms with Crippen LogP contribution in [-0.2, 0) is 4.65 Å². The maximum absolute atomic E-state index is 8.81.